The number of esters is 1. The number of nitrogens with one attached hydrogen (secondary N) is 1. The number of nitrogens with zero attached hydrogens (tertiary/aromatic N) is 3. The third-order valence-electron chi connectivity index (χ3n) is 6.99. The molecule has 11 heteroatoms. The molecule has 0 fully saturated rings. The lowest BCUT2D eigenvalue weighted by molar-refractivity contribution is -0.113. The molecule has 1 aromatic carbocycles. The summed E-state index contributed by atoms with van der Waals surface area (Å²) in [6.07, 6.45) is 3.37. The van der Waals surface area contributed by atoms with E-state index in [9.17, 15) is 9.59 Å². The van der Waals surface area contributed by atoms with Crippen molar-refractivity contribution in [2.45, 2.75) is 51.2 Å². The molecule has 40 heavy (non-hydrogen) atoms. The van der Waals surface area contributed by atoms with E-state index in [1.165, 1.54) is 47.1 Å². The van der Waals surface area contributed by atoms with Gasteiger partial charge in [-0.1, -0.05) is 30.8 Å². The van der Waals surface area contributed by atoms with Crippen LogP contribution in [0.3, 0.4) is 0 Å². The van der Waals surface area contributed by atoms with Gasteiger partial charge >= 0.3 is 5.97 Å². The molecule has 1 amide bonds. The minimum absolute atomic E-state index is 0.125. The van der Waals surface area contributed by atoms with Crippen molar-refractivity contribution in [1.82, 2.24) is 14.8 Å². The lowest BCUT2D eigenvalue weighted by Crippen LogP contribution is -2.16. The molecule has 0 radical (unpaired) electrons. The van der Waals surface area contributed by atoms with Crippen LogP contribution in [0.1, 0.15) is 54.0 Å². The molecule has 0 aliphatic heterocycles. The first-order valence-corrected chi connectivity index (χ1v) is 15.9. The van der Waals surface area contributed by atoms with Crippen molar-refractivity contribution in [3.8, 4) is 28.3 Å². The quantitative estimate of drug-likeness (QED) is 0.165. The van der Waals surface area contributed by atoms with E-state index in [4.69, 9.17) is 9.47 Å². The summed E-state index contributed by atoms with van der Waals surface area (Å²) < 4.78 is 12.4. The molecular formula is C29H32N4O4S3. The Hall–Kier alpha value is -3.15. The predicted octanol–water partition coefficient (Wildman–Crippen LogP) is 6.97. The molecule has 0 saturated heterocycles. The van der Waals surface area contributed by atoms with Gasteiger partial charge in [0.15, 0.2) is 11.0 Å². The monoisotopic (exact) mass is 596 g/mol. The summed E-state index contributed by atoms with van der Waals surface area (Å²) in [6.45, 7) is 6.52. The molecular weight excluding hydrogens is 565 g/mol. The van der Waals surface area contributed by atoms with Gasteiger partial charge in [0.25, 0.3) is 0 Å². The summed E-state index contributed by atoms with van der Waals surface area (Å²) in [5.41, 5.74) is 4.42. The third kappa shape index (κ3) is 5.68. The Morgan fingerprint density at radius 2 is 1.88 bits per heavy atom. The zero-order chi connectivity index (χ0) is 28.4. The number of anilines is 1. The van der Waals surface area contributed by atoms with E-state index in [1.54, 1.807) is 7.11 Å². The molecule has 1 atom stereocenters. The van der Waals surface area contributed by atoms with Crippen molar-refractivity contribution in [3.05, 3.63) is 51.0 Å². The fourth-order valence-corrected chi connectivity index (χ4v) is 8.00. The van der Waals surface area contributed by atoms with Crippen molar-refractivity contribution in [2.75, 3.05) is 25.3 Å². The predicted molar refractivity (Wildman–Crippen MR) is 162 cm³/mol. The maximum atomic E-state index is 13.1. The van der Waals surface area contributed by atoms with Gasteiger partial charge in [0.1, 0.15) is 16.3 Å². The molecule has 4 aromatic rings. The maximum absolute atomic E-state index is 13.1. The van der Waals surface area contributed by atoms with Crippen LogP contribution < -0.4 is 10.1 Å². The number of benzene rings is 1. The molecule has 0 bridgehead atoms. The zero-order valence-electron chi connectivity index (χ0n) is 23.1. The molecule has 1 aliphatic rings. The van der Waals surface area contributed by atoms with Gasteiger partial charge in [-0.05, 0) is 62.3 Å². The van der Waals surface area contributed by atoms with Crippen molar-refractivity contribution in [3.63, 3.8) is 0 Å². The fourth-order valence-electron chi connectivity index (χ4n) is 4.92. The summed E-state index contributed by atoms with van der Waals surface area (Å²) >= 11 is 4.45. The molecule has 0 saturated carbocycles. The van der Waals surface area contributed by atoms with Gasteiger partial charge in [0.2, 0.25) is 5.91 Å². The summed E-state index contributed by atoms with van der Waals surface area (Å²) in [5, 5.41) is 17.2. The molecule has 1 unspecified atom stereocenters. The summed E-state index contributed by atoms with van der Waals surface area (Å²) in [5.74, 6) is 1.67. The van der Waals surface area contributed by atoms with Crippen LogP contribution in [0.2, 0.25) is 0 Å². The Balaban J connectivity index is 1.33. The summed E-state index contributed by atoms with van der Waals surface area (Å²) in [7, 11) is 2.94. The molecule has 3 aromatic heterocycles. The molecule has 3 heterocycles. The Labute approximate surface area is 246 Å². The lowest BCUT2D eigenvalue weighted by Gasteiger charge is -2.19. The van der Waals surface area contributed by atoms with E-state index >= 15 is 0 Å². The number of rotatable bonds is 9. The van der Waals surface area contributed by atoms with E-state index < -0.39 is 5.97 Å². The Kier molecular flexibility index (Phi) is 8.62. The van der Waals surface area contributed by atoms with E-state index in [-0.39, 0.29) is 17.7 Å². The van der Waals surface area contributed by atoms with Gasteiger partial charge in [-0.2, -0.15) is 0 Å². The van der Waals surface area contributed by atoms with E-state index in [0.717, 1.165) is 35.5 Å². The Morgan fingerprint density at radius 3 is 2.58 bits per heavy atom. The number of ether oxygens (including phenoxy) is 2. The van der Waals surface area contributed by atoms with Crippen LogP contribution in [-0.4, -0.2) is 46.6 Å². The molecule has 210 valence electrons. The highest BCUT2D eigenvalue weighted by molar-refractivity contribution is 7.99. The number of thiophene rings is 2. The standard InChI is InChI=1S/C29H32N4O4S3/c1-16(2)33-26(22-14-38-23-12-17(3)6-11-20(22)23)31-32-29(33)40-15-24(34)30-27-25(28(35)37-5)21(13-39-27)18-7-9-19(36-4)10-8-18/h7-10,13-14,16-17H,6,11-12,15H2,1-5H3,(H,30,34). The average molecular weight is 597 g/mol. The second kappa shape index (κ2) is 12.2. The fraction of sp³-hybridized carbons (Fsp3) is 0.379. The van der Waals surface area contributed by atoms with Crippen LogP contribution >= 0.6 is 34.4 Å². The summed E-state index contributed by atoms with van der Waals surface area (Å²) in [6, 6.07) is 7.53. The topological polar surface area (TPSA) is 95.3 Å². The van der Waals surface area contributed by atoms with Crippen LogP contribution in [0, 0.1) is 5.92 Å². The van der Waals surface area contributed by atoms with Crippen LogP contribution in [0.25, 0.3) is 22.5 Å². The smallest absolute Gasteiger partial charge is 0.341 e. The number of amides is 1. The molecule has 1 aliphatic carbocycles. The first kappa shape index (κ1) is 28.4. The van der Waals surface area contributed by atoms with Crippen LogP contribution in [0.15, 0.2) is 40.2 Å². The number of aromatic nitrogens is 3. The highest BCUT2D eigenvalue weighted by Crippen LogP contribution is 2.40. The minimum Gasteiger partial charge on any atom is -0.497 e. The van der Waals surface area contributed by atoms with Gasteiger partial charge in [0.05, 0.1) is 20.0 Å². The second-order valence-corrected chi connectivity index (χ2v) is 12.9. The van der Waals surface area contributed by atoms with Crippen molar-refractivity contribution in [2.24, 2.45) is 5.92 Å². The lowest BCUT2D eigenvalue weighted by atomic mass is 9.88. The van der Waals surface area contributed by atoms with Crippen LogP contribution in [-0.2, 0) is 22.4 Å². The van der Waals surface area contributed by atoms with Gasteiger partial charge in [-0.3, -0.25) is 9.36 Å². The van der Waals surface area contributed by atoms with Crippen LogP contribution in [0.4, 0.5) is 5.00 Å². The van der Waals surface area contributed by atoms with Crippen molar-refractivity contribution >= 4 is 51.3 Å². The van der Waals surface area contributed by atoms with Crippen LogP contribution in [0.5, 0.6) is 5.75 Å². The molecule has 0 spiro atoms. The number of hydrogen-bond donors (Lipinski definition) is 1. The van der Waals surface area contributed by atoms with Gasteiger partial charge in [0, 0.05) is 32.8 Å². The average Bonchev–Trinajstić information content (AvgIpc) is 3.67. The normalized spacial score (nSPS) is 14.7. The molecule has 1 N–H and O–H groups in total. The summed E-state index contributed by atoms with van der Waals surface area (Å²) in [4.78, 5) is 27.2. The SMILES string of the molecule is COC(=O)c1c(-c2ccc(OC)cc2)csc1NC(=O)CSc1nnc(-c2csc3c2CCC(C)C3)n1C(C)C. The third-order valence-corrected chi connectivity index (χ3v) is 9.88. The molecule has 8 nitrogen and oxygen atoms in total. The highest BCUT2D eigenvalue weighted by Gasteiger charge is 2.26. The number of fused-ring (bicyclic) bond motifs is 1. The first-order chi connectivity index (χ1) is 19.3. The number of carbonyl (C=O) groups is 2. The van der Waals surface area contributed by atoms with E-state index in [2.05, 4.69) is 46.2 Å². The Bertz CT molecular complexity index is 1520. The Morgan fingerprint density at radius 1 is 1.12 bits per heavy atom. The van der Waals surface area contributed by atoms with Gasteiger partial charge in [-0.25, -0.2) is 4.79 Å². The van der Waals surface area contributed by atoms with E-state index in [0.29, 0.717) is 27.2 Å². The number of thioether (sulfide) groups is 1. The number of hydrogen-bond acceptors (Lipinski definition) is 9. The van der Waals surface area contributed by atoms with Gasteiger partial charge < -0.3 is 14.8 Å². The number of methoxy groups -OCH3 is 2. The van der Waals surface area contributed by atoms with Crippen molar-refractivity contribution < 1.29 is 19.1 Å². The highest BCUT2D eigenvalue weighted by atomic mass is 32.2. The first-order valence-electron chi connectivity index (χ1n) is 13.1. The van der Waals surface area contributed by atoms with Crippen molar-refractivity contribution in [1.29, 1.82) is 0 Å². The largest absolute Gasteiger partial charge is 0.497 e. The minimum atomic E-state index is -0.507. The second-order valence-electron chi connectivity index (χ2n) is 10.1. The van der Waals surface area contributed by atoms with Gasteiger partial charge in [-0.15, -0.1) is 32.9 Å². The number of carbonyl (C=O) groups excluding carboxylic acids is 2. The molecule has 5 rings (SSSR count). The zero-order valence-corrected chi connectivity index (χ0v) is 25.6. The van der Waals surface area contributed by atoms with E-state index in [1.807, 2.05) is 41.0 Å². The maximum Gasteiger partial charge on any atom is 0.341 e.